The summed E-state index contributed by atoms with van der Waals surface area (Å²) in [6, 6.07) is 6.26. The van der Waals surface area contributed by atoms with Gasteiger partial charge in [0.1, 0.15) is 6.04 Å². The van der Waals surface area contributed by atoms with E-state index < -0.39 is 6.04 Å². The Morgan fingerprint density at radius 1 is 1.42 bits per heavy atom. The lowest BCUT2D eigenvalue weighted by molar-refractivity contribution is -0.123. The third-order valence-electron chi connectivity index (χ3n) is 3.94. The van der Waals surface area contributed by atoms with Crippen molar-refractivity contribution in [3.8, 4) is 0 Å². The molecule has 5 nitrogen and oxygen atoms in total. The number of thioether (sulfide) groups is 1. The second-order valence-corrected chi connectivity index (χ2v) is 7.15. The number of hydrogen-bond donors (Lipinski definition) is 2. The van der Waals surface area contributed by atoms with Gasteiger partial charge in [0.2, 0.25) is 5.91 Å². The topological polar surface area (TPSA) is 67.4 Å². The molecule has 0 radical (unpaired) electrons. The van der Waals surface area contributed by atoms with E-state index in [-0.39, 0.29) is 11.8 Å². The fourth-order valence-electron chi connectivity index (χ4n) is 2.50. The molecule has 1 heterocycles. The zero-order chi connectivity index (χ0) is 17.4. The molecular weight excluding hydrogens is 348 g/mol. The molecule has 2 rings (SSSR count). The summed E-state index contributed by atoms with van der Waals surface area (Å²) in [6.45, 7) is 2.01. The van der Waals surface area contributed by atoms with Crippen LogP contribution in [0.3, 0.4) is 0 Å². The molecule has 0 aliphatic carbocycles. The Labute approximate surface area is 151 Å². The van der Waals surface area contributed by atoms with E-state index in [1.54, 1.807) is 36.0 Å². The lowest BCUT2D eigenvalue weighted by atomic mass is 10.1. The summed E-state index contributed by atoms with van der Waals surface area (Å²) < 4.78 is 5.31. The van der Waals surface area contributed by atoms with Gasteiger partial charge in [0.25, 0.3) is 5.91 Å². The number of rotatable bonds is 8. The van der Waals surface area contributed by atoms with Gasteiger partial charge in [-0.15, -0.1) is 0 Å². The number of carbonyl (C=O) groups excluding carboxylic acids is 2. The summed E-state index contributed by atoms with van der Waals surface area (Å²) in [7, 11) is 0. The molecule has 0 spiro atoms. The van der Waals surface area contributed by atoms with E-state index in [9.17, 15) is 9.59 Å². The Morgan fingerprint density at radius 3 is 2.88 bits per heavy atom. The molecule has 1 aromatic carbocycles. The van der Waals surface area contributed by atoms with Crippen molar-refractivity contribution < 1.29 is 14.3 Å². The minimum atomic E-state index is -0.566. The van der Waals surface area contributed by atoms with Gasteiger partial charge in [0.15, 0.2) is 0 Å². The first-order valence-electron chi connectivity index (χ1n) is 8.01. The highest BCUT2D eigenvalue weighted by molar-refractivity contribution is 7.98. The molecular formula is C17H23ClN2O3S. The van der Waals surface area contributed by atoms with Crippen molar-refractivity contribution in [2.75, 3.05) is 31.8 Å². The molecule has 1 saturated heterocycles. The minimum absolute atomic E-state index is 0.156. The summed E-state index contributed by atoms with van der Waals surface area (Å²) in [5, 5.41) is 6.11. The highest BCUT2D eigenvalue weighted by Gasteiger charge is 2.23. The van der Waals surface area contributed by atoms with Crippen LogP contribution in [-0.4, -0.2) is 49.6 Å². The van der Waals surface area contributed by atoms with Gasteiger partial charge >= 0.3 is 0 Å². The number of amides is 2. The largest absolute Gasteiger partial charge is 0.381 e. The number of halogens is 1. The maximum Gasteiger partial charge on any atom is 0.253 e. The highest BCUT2D eigenvalue weighted by Crippen LogP contribution is 2.15. The molecule has 2 N–H and O–H groups in total. The van der Waals surface area contributed by atoms with E-state index in [0.717, 1.165) is 18.8 Å². The summed E-state index contributed by atoms with van der Waals surface area (Å²) in [6.07, 6.45) is 3.51. The average molecular weight is 371 g/mol. The molecule has 2 amide bonds. The van der Waals surface area contributed by atoms with Gasteiger partial charge in [0.05, 0.1) is 17.2 Å². The van der Waals surface area contributed by atoms with Crippen LogP contribution in [0.1, 0.15) is 23.2 Å². The van der Waals surface area contributed by atoms with Crippen molar-refractivity contribution in [2.24, 2.45) is 5.92 Å². The Balaban J connectivity index is 1.94. The Kier molecular flexibility index (Phi) is 7.88. The van der Waals surface area contributed by atoms with E-state index in [2.05, 4.69) is 10.6 Å². The Hall–Kier alpha value is -1.24. The smallest absolute Gasteiger partial charge is 0.253 e. The first kappa shape index (κ1) is 19.1. The van der Waals surface area contributed by atoms with E-state index >= 15 is 0 Å². The second-order valence-electron chi connectivity index (χ2n) is 5.76. The van der Waals surface area contributed by atoms with Crippen LogP contribution in [0.5, 0.6) is 0 Å². The highest BCUT2D eigenvalue weighted by atomic mass is 35.5. The molecule has 7 heteroatoms. The predicted molar refractivity (Wildman–Crippen MR) is 97.6 cm³/mol. The number of carbonyl (C=O) groups is 2. The molecule has 0 bridgehead atoms. The summed E-state index contributed by atoms with van der Waals surface area (Å²) in [4.78, 5) is 24.9. The monoisotopic (exact) mass is 370 g/mol. The maximum absolute atomic E-state index is 12.4. The van der Waals surface area contributed by atoms with E-state index in [0.29, 0.717) is 36.1 Å². The third kappa shape index (κ3) is 5.69. The lowest BCUT2D eigenvalue weighted by Gasteiger charge is -2.19. The quantitative estimate of drug-likeness (QED) is 0.737. The van der Waals surface area contributed by atoms with Crippen molar-refractivity contribution in [1.82, 2.24) is 10.6 Å². The number of nitrogens with one attached hydrogen (secondary N) is 2. The van der Waals surface area contributed by atoms with E-state index in [1.165, 1.54) is 0 Å². The van der Waals surface area contributed by atoms with Crippen molar-refractivity contribution in [3.05, 3.63) is 34.9 Å². The summed E-state index contributed by atoms with van der Waals surface area (Å²) in [5.41, 5.74) is 0.380. The van der Waals surface area contributed by atoms with Gasteiger partial charge in [-0.25, -0.2) is 0 Å². The normalized spacial score (nSPS) is 18.2. The van der Waals surface area contributed by atoms with Crippen molar-refractivity contribution in [1.29, 1.82) is 0 Å². The van der Waals surface area contributed by atoms with Crippen LogP contribution in [0.4, 0.5) is 0 Å². The molecule has 2 atom stereocenters. The number of benzene rings is 1. The van der Waals surface area contributed by atoms with Crippen molar-refractivity contribution in [3.63, 3.8) is 0 Å². The molecule has 1 aliphatic heterocycles. The third-order valence-corrected chi connectivity index (χ3v) is 4.91. The summed E-state index contributed by atoms with van der Waals surface area (Å²) >= 11 is 7.69. The van der Waals surface area contributed by atoms with E-state index in [1.807, 2.05) is 6.26 Å². The first-order chi connectivity index (χ1) is 11.6. The standard InChI is InChI=1S/C17H23ClN2O3S/c1-24-9-7-15(17(22)19-10-12-6-8-23-11-12)20-16(21)13-4-2-3-5-14(13)18/h2-5,12,15H,6-11H2,1H3,(H,19,22)(H,20,21)/t12-,15+/m1/s1. The van der Waals surface area contributed by atoms with Gasteiger partial charge < -0.3 is 15.4 Å². The molecule has 1 aliphatic rings. The van der Waals surface area contributed by atoms with E-state index in [4.69, 9.17) is 16.3 Å². The molecule has 1 fully saturated rings. The maximum atomic E-state index is 12.4. The van der Waals surface area contributed by atoms with Gasteiger partial charge in [-0.2, -0.15) is 11.8 Å². The van der Waals surface area contributed by atoms with Gasteiger partial charge in [-0.3, -0.25) is 9.59 Å². The Morgan fingerprint density at radius 2 is 2.21 bits per heavy atom. The van der Waals surface area contributed by atoms with Crippen LogP contribution >= 0.6 is 23.4 Å². The van der Waals surface area contributed by atoms with Gasteiger partial charge in [0, 0.05) is 19.1 Å². The van der Waals surface area contributed by atoms with Crippen LogP contribution in [0, 0.1) is 5.92 Å². The fourth-order valence-corrected chi connectivity index (χ4v) is 3.19. The number of hydrogen-bond acceptors (Lipinski definition) is 4. The van der Waals surface area contributed by atoms with Crippen molar-refractivity contribution in [2.45, 2.75) is 18.9 Å². The Bertz CT molecular complexity index is 565. The van der Waals surface area contributed by atoms with Crippen molar-refractivity contribution >= 4 is 35.2 Å². The van der Waals surface area contributed by atoms with Crippen LogP contribution in [-0.2, 0) is 9.53 Å². The summed E-state index contributed by atoms with van der Waals surface area (Å²) in [5.74, 6) is 0.657. The zero-order valence-electron chi connectivity index (χ0n) is 13.7. The zero-order valence-corrected chi connectivity index (χ0v) is 15.3. The minimum Gasteiger partial charge on any atom is -0.381 e. The SMILES string of the molecule is CSCC[C@H](NC(=O)c1ccccc1Cl)C(=O)NC[C@H]1CCOC1. The first-order valence-corrected chi connectivity index (χ1v) is 9.78. The van der Waals surface area contributed by atoms with Gasteiger partial charge in [-0.1, -0.05) is 23.7 Å². The molecule has 0 saturated carbocycles. The second kappa shape index (κ2) is 9.91. The number of ether oxygens (including phenoxy) is 1. The van der Waals surface area contributed by atoms with Crippen LogP contribution < -0.4 is 10.6 Å². The fraction of sp³-hybridized carbons (Fsp3) is 0.529. The van der Waals surface area contributed by atoms with Crippen LogP contribution in [0.2, 0.25) is 5.02 Å². The predicted octanol–water partition coefficient (Wildman–Crippen LogP) is 2.34. The lowest BCUT2D eigenvalue weighted by Crippen LogP contribution is -2.48. The molecule has 24 heavy (non-hydrogen) atoms. The molecule has 132 valence electrons. The molecule has 0 unspecified atom stereocenters. The molecule has 1 aromatic rings. The molecule has 0 aromatic heterocycles. The van der Waals surface area contributed by atoms with Crippen LogP contribution in [0.15, 0.2) is 24.3 Å². The van der Waals surface area contributed by atoms with Crippen LogP contribution in [0.25, 0.3) is 0 Å². The average Bonchev–Trinajstić information content (AvgIpc) is 3.10. The van der Waals surface area contributed by atoms with Gasteiger partial charge in [-0.05, 0) is 37.0 Å².